The number of carbonyl (C=O) groups is 3. The molecule has 32 heavy (non-hydrogen) atoms. The van der Waals surface area contributed by atoms with Gasteiger partial charge in [-0.1, -0.05) is 44.8 Å². The molecule has 0 rings (SSSR count). The molecule has 0 aliphatic carbocycles. The van der Waals surface area contributed by atoms with Crippen LogP contribution in [0.15, 0.2) is 12.2 Å². The van der Waals surface area contributed by atoms with Crippen LogP contribution in [-0.4, -0.2) is 58.8 Å². The van der Waals surface area contributed by atoms with Gasteiger partial charge >= 0.3 is 11.9 Å². The largest absolute Gasteiger partial charge is 0.550 e. The van der Waals surface area contributed by atoms with Crippen molar-refractivity contribution in [3.8, 4) is 0 Å². The molecule has 0 atom stereocenters. The van der Waals surface area contributed by atoms with Crippen molar-refractivity contribution in [2.75, 3.05) is 26.2 Å². The molecule has 7 nitrogen and oxygen atoms in total. The van der Waals surface area contributed by atoms with Crippen LogP contribution in [0.25, 0.3) is 0 Å². The van der Waals surface area contributed by atoms with Gasteiger partial charge in [0.25, 0.3) is 0 Å². The van der Waals surface area contributed by atoms with Gasteiger partial charge in [-0.25, -0.2) is 0 Å². The maximum absolute atomic E-state index is 11.0. The Kier molecular flexibility index (Phi) is 18.6. The average molecular weight is 456 g/mol. The van der Waals surface area contributed by atoms with Crippen LogP contribution in [0.3, 0.4) is 0 Å². The van der Waals surface area contributed by atoms with Crippen molar-refractivity contribution >= 4 is 17.9 Å². The molecule has 186 valence electrons. The second-order valence-corrected chi connectivity index (χ2v) is 8.88. The van der Waals surface area contributed by atoms with Crippen LogP contribution in [0.4, 0.5) is 0 Å². The van der Waals surface area contributed by atoms with E-state index in [4.69, 9.17) is 10.2 Å². The van der Waals surface area contributed by atoms with Gasteiger partial charge < -0.3 is 24.6 Å². The van der Waals surface area contributed by atoms with Crippen LogP contribution < -0.4 is 5.11 Å². The summed E-state index contributed by atoms with van der Waals surface area (Å²) in [6, 6.07) is 0. The van der Waals surface area contributed by atoms with E-state index in [9.17, 15) is 19.5 Å². The number of allylic oxidation sites excluding steroid dienone is 2. The van der Waals surface area contributed by atoms with E-state index in [2.05, 4.69) is 19.1 Å². The summed E-state index contributed by atoms with van der Waals surface area (Å²) in [6.45, 7) is 4.93. The van der Waals surface area contributed by atoms with Gasteiger partial charge in [0.1, 0.15) is 0 Å². The molecule has 0 saturated heterocycles. The number of quaternary nitrogens is 1. The molecule has 0 aromatic heterocycles. The molecule has 0 aromatic carbocycles. The monoisotopic (exact) mass is 455 g/mol. The first-order valence-corrected chi connectivity index (χ1v) is 12.4. The zero-order valence-corrected chi connectivity index (χ0v) is 20.1. The molecular formula is C25H45NO6. The molecule has 0 aromatic rings. The molecule has 2 N–H and O–H groups in total. The smallest absolute Gasteiger partial charge is 0.303 e. The number of nitrogens with zero attached hydrogens (tertiary/aromatic N) is 1. The van der Waals surface area contributed by atoms with Crippen molar-refractivity contribution in [1.29, 1.82) is 0 Å². The van der Waals surface area contributed by atoms with E-state index in [0.717, 1.165) is 38.6 Å². The molecular weight excluding hydrogens is 410 g/mol. The fraction of sp³-hybridized carbons (Fsp3) is 0.800. The Labute approximate surface area is 194 Å². The lowest BCUT2D eigenvalue weighted by atomic mass is 10.1. The predicted octanol–water partition coefficient (Wildman–Crippen LogP) is 4.15. The molecule has 0 spiro atoms. The summed E-state index contributed by atoms with van der Waals surface area (Å²) < 4.78 is 0.607. The minimum absolute atomic E-state index is 0.0233. The average Bonchev–Trinajstić information content (AvgIpc) is 2.71. The highest BCUT2D eigenvalue weighted by Crippen LogP contribution is 2.18. The standard InChI is InChI=1S/C25H45NO6/c1-2-3-4-5-6-7-8-9-10-11-12-19-26(20-13-16-23(27)28,21-14-17-24(29)30)22-15-18-25(31)32/h4-5H,2-3,6-22H2,1H3,(H2-,27,28,29,30,31,32)/b5-4+. The molecule has 0 bridgehead atoms. The molecule has 7 heteroatoms. The Morgan fingerprint density at radius 1 is 0.656 bits per heavy atom. The number of carbonyl (C=O) groups excluding carboxylic acids is 1. The van der Waals surface area contributed by atoms with E-state index >= 15 is 0 Å². The fourth-order valence-corrected chi connectivity index (χ4v) is 4.18. The van der Waals surface area contributed by atoms with Crippen molar-refractivity contribution in [3.05, 3.63) is 12.2 Å². The third-order valence-electron chi connectivity index (χ3n) is 5.93. The summed E-state index contributed by atoms with van der Waals surface area (Å²) in [5.41, 5.74) is 0. The lowest BCUT2D eigenvalue weighted by Gasteiger charge is -2.39. The summed E-state index contributed by atoms with van der Waals surface area (Å²) in [5.74, 6) is -2.76. The van der Waals surface area contributed by atoms with Gasteiger partial charge in [0.15, 0.2) is 0 Å². The van der Waals surface area contributed by atoms with Crippen molar-refractivity contribution < 1.29 is 34.2 Å². The number of rotatable bonds is 23. The van der Waals surface area contributed by atoms with Crippen LogP contribution >= 0.6 is 0 Å². The van der Waals surface area contributed by atoms with Crippen molar-refractivity contribution in [2.45, 2.75) is 103 Å². The van der Waals surface area contributed by atoms with E-state index < -0.39 is 17.9 Å². The fourth-order valence-electron chi connectivity index (χ4n) is 4.18. The minimum Gasteiger partial charge on any atom is -0.550 e. The highest BCUT2D eigenvalue weighted by molar-refractivity contribution is 5.66. The SMILES string of the molecule is CCC/C=C/CCCCCCCC[N+](CCCC(=O)[O-])(CCCC(=O)O)CCCC(=O)O. The van der Waals surface area contributed by atoms with Crippen molar-refractivity contribution in [2.24, 2.45) is 0 Å². The summed E-state index contributed by atoms with van der Waals surface area (Å²) >= 11 is 0. The molecule has 0 aliphatic heterocycles. The van der Waals surface area contributed by atoms with Crippen LogP contribution in [0.2, 0.25) is 0 Å². The number of carboxylic acids is 3. The normalized spacial score (nSPS) is 11.8. The van der Waals surface area contributed by atoms with E-state index in [1.165, 1.54) is 25.7 Å². The molecule has 0 fully saturated rings. The molecule has 0 unspecified atom stereocenters. The van der Waals surface area contributed by atoms with Gasteiger partial charge in [-0.3, -0.25) is 9.59 Å². The Morgan fingerprint density at radius 3 is 1.59 bits per heavy atom. The Bertz CT molecular complexity index is 496. The summed E-state index contributed by atoms with van der Waals surface area (Å²) in [7, 11) is 0. The molecule has 0 aliphatic rings. The number of hydrogen-bond donors (Lipinski definition) is 2. The van der Waals surface area contributed by atoms with E-state index in [1.54, 1.807) is 0 Å². The molecule has 0 radical (unpaired) electrons. The van der Waals surface area contributed by atoms with Gasteiger partial charge in [0.05, 0.1) is 39.0 Å². The van der Waals surface area contributed by atoms with Gasteiger partial charge in [-0.2, -0.15) is 0 Å². The number of carboxylic acid groups (broad SMARTS) is 3. The lowest BCUT2D eigenvalue weighted by molar-refractivity contribution is -0.929. The van der Waals surface area contributed by atoms with Crippen molar-refractivity contribution in [3.63, 3.8) is 0 Å². The third kappa shape index (κ3) is 18.8. The van der Waals surface area contributed by atoms with Crippen LogP contribution in [0.1, 0.15) is 103 Å². The van der Waals surface area contributed by atoms with Gasteiger partial charge in [0.2, 0.25) is 0 Å². The van der Waals surface area contributed by atoms with E-state index in [-0.39, 0.29) is 19.3 Å². The Balaban J connectivity index is 4.59. The zero-order chi connectivity index (χ0) is 24.1. The minimum atomic E-state index is -1.08. The first-order chi connectivity index (χ1) is 15.3. The highest BCUT2D eigenvalue weighted by Gasteiger charge is 2.26. The summed E-state index contributed by atoms with van der Waals surface area (Å²) in [4.78, 5) is 32.8. The molecule has 0 amide bonds. The second kappa shape index (κ2) is 19.8. The first-order valence-electron chi connectivity index (χ1n) is 12.4. The number of hydrogen-bond acceptors (Lipinski definition) is 4. The quantitative estimate of drug-likeness (QED) is 0.136. The van der Waals surface area contributed by atoms with Crippen LogP contribution in [0, 0.1) is 0 Å². The van der Waals surface area contributed by atoms with Gasteiger partial charge in [-0.05, 0) is 38.5 Å². The van der Waals surface area contributed by atoms with Crippen LogP contribution in [0.5, 0.6) is 0 Å². The molecule has 0 saturated carbocycles. The Hall–Kier alpha value is -1.89. The van der Waals surface area contributed by atoms with Gasteiger partial charge in [-0.15, -0.1) is 0 Å². The maximum atomic E-state index is 11.0. The summed E-state index contributed by atoms with van der Waals surface area (Å²) in [6.07, 6.45) is 16.5. The van der Waals surface area contributed by atoms with E-state index in [1.807, 2.05) is 0 Å². The number of aliphatic carboxylic acids is 3. The molecule has 0 heterocycles. The number of unbranched alkanes of at least 4 members (excludes halogenated alkanes) is 7. The first kappa shape index (κ1) is 30.1. The lowest BCUT2D eigenvalue weighted by Crippen LogP contribution is -2.51. The topological polar surface area (TPSA) is 115 Å². The van der Waals surface area contributed by atoms with Crippen LogP contribution in [-0.2, 0) is 14.4 Å². The van der Waals surface area contributed by atoms with E-state index in [0.29, 0.717) is 43.4 Å². The zero-order valence-electron chi connectivity index (χ0n) is 20.1. The maximum Gasteiger partial charge on any atom is 0.303 e. The Morgan fingerprint density at radius 2 is 1.09 bits per heavy atom. The predicted molar refractivity (Wildman–Crippen MR) is 124 cm³/mol. The van der Waals surface area contributed by atoms with Gasteiger partial charge in [0, 0.05) is 25.2 Å². The third-order valence-corrected chi connectivity index (χ3v) is 5.93. The summed E-state index contributed by atoms with van der Waals surface area (Å²) in [5, 5.41) is 28.9. The second-order valence-electron chi connectivity index (χ2n) is 8.88. The highest BCUT2D eigenvalue weighted by atomic mass is 16.4. The van der Waals surface area contributed by atoms with Crippen molar-refractivity contribution in [1.82, 2.24) is 0 Å².